The number of fused-ring (bicyclic) bond motifs is 1. The highest BCUT2D eigenvalue weighted by molar-refractivity contribution is 5.27. The van der Waals surface area contributed by atoms with Crippen molar-refractivity contribution in [2.45, 2.75) is 64.3 Å². The van der Waals surface area contributed by atoms with Gasteiger partial charge in [-0.15, -0.1) is 0 Å². The highest BCUT2D eigenvalue weighted by Gasteiger charge is 2.28. The number of pyridine rings is 1. The second kappa shape index (κ2) is 9.16. The summed E-state index contributed by atoms with van der Waals surface area (Å²) in [6, 6.07) is 4.81. The molecular weight excluding hydrogens is 260 g/mol. The van der Waals surface area contributed by atoms with Crippen molar-refractivity contribution in [3.8, 4) is 0 Å². The van der Waals surface area contributed by atoms with Crippen molar-refractivity contribution < 1.29 is 4.74 Å². The van der Waals surface area contributed by atoms with E-state index in [1.54, 1.807) is 0 Å². The van der Waals surface area contributed by atoms with Gasteiger partial charge in [-0.3, -0.25) is 4.98 Å². The van der Waals surface area contributed by atoms with E-state index in [2.05, 4.69) is 31.3 Å². The van der Waals surface area contributed by atoms with E-state index in [0.29, 0.717) is 12.0 Å². The Morgan fingerprint density at radius 1 is 1.33 bits per heavy atom. The lowest BCUT2D eigenvalue weighted by Crippen LogP contribution is -2.38. The van der Waals surface area contributed by atoms with Crippen LogP contribution < -0.4 is 5.32 Å². The lowest BCUT2D eigenvalue weighted by atomic mass is 9.81. The van der Waals surface area contributed by atoms with Crippen LogP contribution in [-0.4, -0.2) is 30.8 Å². The third-order valence-electron chi connectivity index (χ3n) is 4.30. The normalized spacial score (nSPS) is 19.2. The van der Waals surface area contributed by atoms with E-state index in [0.717, 1.165) is 32.6 Å². The van der Waals surface area contributed by atoms with Crippen molar-refractivity contribution in [2.75, 3.05) is 19.8 Å². The Hall–Kier alpha value is -0.930. The predicted octanol–water partition coefficient (Wildman–Crippen LogP) is 3.69. The number of nitrogens with one attached hydrogen (secondary N) is 1. The molecule has 0 saturated carbocycles. The van der Waals surface area contributed by atoms with E-state index >= 15 is 0 Å². The van der Waals surface area contributed by atoms with E-state index in [-0.39, 0.29) is 0 Å². The van der Waals surface area contributed by atoms with Crippen LogP contribution in [0.2, 0.25) is 0 Å². The summed E-state index contributed by atoms with van der Waals surface area (Å²) in [5.74, 6) is 0.548. The van der Waals surface area contributed by atoms with Crippen LogP contribution >= 0.6 is 0 Å². The zero-order valence-electron chi connectivity index (χ0n) is 13.6. The lowest BCUT2D eigenvalue weighted by Gasteiger charge is -2.32. The van der Waals surface area contributed by atoms with Gasteiger partial charge in [0, 0.05) is 37.1 Å². The predicted molar refractivity (Wildman–Crippen MR) is 87.7 cm³/mol. The first kappa shape index (κ1) is 16.4. The van der Waals surface area contributed by atoms with Crippen LogP contribution in [0.25, 0.3) is 0 Å². The van der Waals surface area contributed by atoms with Gasteiger partial charge in [-0.2, -0.15) is 0 Å². The molecule has 0 spiro atoms. The van der Waals surface area contributed by atoms with E-state index in [9.17, 15) is 0 Å². The first-order valence-electron chi connectivity index (χ1n) is 8.61. The van der Waals surface area contributed by atoms with Crippen molar-refractivity contribution in [3.63, 3.8) is 0 Å². The van der Waals surface area contributed by atoms with Gasteiger partial charge in [0.25, 0.3) is 0 Å². The van der Waals surface area contributed by atoms with Crippen molar-refractivity contribution in [2.24, 2.45) is 0 Å². The van der Waals surface area contributed by atoms with Crippen LogP contribution in [0.1, 0.15) is 63.1 Å². The maximum atomic E-state index is 5.71. The number of hydrogen-bond acceptors (Lipinski definition) is 3. The first-order valence-corrected chi connectivity index (χ1v) is 8.61. The summed E-state index contributed by atoms with van der Waals surface area (Å²) in [6.45, 7) is 7.20. The van der Waals surface area contributed by atoms with E-state index in [1.165, 1.54) is 36.9 Å². The third-order valence-corrected chi connectivity index (χ3v) is 4.30. The largest absolute Gasteiger partial charge is 0.381 e. The summed E-state index contributed by atoms with van der Waals surface area (Å²) < 4.78 is 5.71. The second-order valence-corrected chi connectivity index (χ2v) is 6.01. The topological polar surface area (TPSA) is 34.1 Å². The molecule has 118 valence electrons. The fourth-order valence-electron chi connectivity index (χ4n) is 3.27. The van der Waals surface area contributed by atoms with Gasteiger partial charge in [-0.1, -0.05) is 19.9 Å². The zero-order chi connectivity index (χ0) is 14.9. The minimum atomic E-state index is 0.496. The molecule has 0 saturated heterocycles. The molecule has 0 aromatic carbocycles. The SMILES string of the molecule is CCCNC(CCOCCC)C1CCCc2cccnc21. The standard InChI is InChI=1S/C18H30N2O/c1-3-11-19-17(10-14-21-13-4-2)16-9-5-7-15-8-6-12-20-18(15)16/h6,8,12,16-17,19H,3-5,7,9-11,13-14H2,1-2H3. The molecule has 1 N–H and O–H groups in total. The third kappa shape index (κ3) is 4.79. The molecule has 21 heavy (non-hydrogen) atoms. The zero-order valence-corrected chi connectivity index (χ0v) is 13.6. The molecule has 1 aromatic heterocycles. The van der Waals surface area contributed by atoms with Crippen LogP contribution in [0.4, 0.5) is 0 Å². The number of hydrogen-bond donors (Lipinski definition) is 1. The Morgan fingerprint density at radius 3 is 3.05 bits per heavy atom. The van der Waals surface area contributed by atoms with Gasteiger partial charge in [0.1, 0.15) is 0 Å². The summed E-state index contributed by atoms with van der Waals surface area (Å²) in [7, 11) is 0. The highest BCUT2D eigenvalue weighted by atomic mass is 16.5. The van der Waals surface area contributed by atoms with E-state index in [1.807, 2.05) is 6.20 Å². The quantitative estimate of drug-likeness (QED) is 0.704. The number of nitrogens with zero attached hydrogens (tertiary/aromatic N) is 1. The van der Waals surface area contributed by atoms with Gasteiger partial charge in [0.2, 0.25) is 0 Å². The van der Waals surface area contributed by atoms with Gasteiger partial charge >= 0.3 is 0 Å². The highest BCUT2D eigenvalue weighted by Crippen LogP contribution is 2.33. The summed E-state index contributed by atoms with van der Waals surface area (Å²) >= 11 is 0. The lowest BCUT2D eigenvalue weighted by molar-refractivity contribution is 0.120. The number of aromatic nitrogens is 1. The average Bonchev–Trinajstić information content (AvgIpc) is 2.54. The fraction of sp³-hybridized carbons (Fsp3) is 0.722. The monoisotopic (exact) mass is 290 g/mol. The van der Waals surface area contributed by atoms with E-state index < -0.39 is 0 Å². The van der Waals surface area contributed by atoms with Crippen LogP contribution in [0.3, 0.4) is 0 Å². The van der Waals surface area contributed by atoms with Gasteiger partial charge in [-0.05, 0) is 56.7 Å². The molecule has 1 aromatic rings. The Kier molecular flexibility index (Phi) is 7.17. The molecule has 0 fully saturated rings. The van der Waals surface area contributed by atoms with Crippen LogP contribution in [-0.2, 0) is 11.2 Å². The number of aryl methyl sites for hydroxylation is 1. The molecule has 0 amide bonds. The number of rotatable bonds is 9. The van der Waals surface area contributed by atoms with Crippen LogP contribution in [0, 0.1) is 0 Å². The maximum absolute atomic E-state index is 5.71. The van der Waals surface area contributed by atoms with Crippen molar-refractivity contribution >= 4 is 0 Å². The summed E-state index contributed by atoms with van der Waals surface area (Å²) in [5, 5.41) is 3.74. The minimum absolute atomic E-state index is 0.496. The molecule has 1 aliphatic carbocycles. The first-order chi connectivity index (χ1) is 10.4. The molecule has 2 atom stereocenters. The molecule has 1 heterocycles. The minimum Gasteiger partial charge on any atom is -0.381 e. The summed E-state index contributed by atoms with van der Waals surface area (Å²) in [5.41, 5.74) is 2.78. The van der Waals surface area contributed by atoms with Gasteiger partial charge in [0.15, 0.2) is 0 Å². The molecule has 3 heteroatoms. The van der Waals surface area contributed by atoms with Crippen molar-refractivity contribution in [1.82, 2.24) is 10.3 Å². The van der Waals surface area contributed by atoms with Gasteiger partial charge in [0.05, 0.1) is 0 Å². The Bertz CT molecular complexity index is 408. The van der Waals surface area contributed by atoms with Gasteiger partial charge in [-0.25, -0.2) is 0 Å². The second-order valence-electron chi connectivity index (χ2n) is 6.01. The van der Waals surface area contributed by atoms with Crippen molar-refractivity contribution in [3.05, 3.63) is 29.6 Å². The Balaban J connectivity index is 2.02. The summed E-state index contributed by atoms with van der Waals surface area (Å²) in [6.07, 6.45) is 9.02. The molecule has 3 nitrogen and oxygen atoms in total. The van der Waals surface area contributed by atoms with Crippen molar-refractivity contribution in [1.29, 1.82) is 0 Å². The summed E-state index contributed by atoms with van der Waals surface area (Å²) in [4.78, 5) is 4.69. The molecule has 0 bridgehead atoms. The maximum Gasteiger partial charge on any atom is 0.0481 e. The molecule has 0 aliphatic heterocycles. The van der Waals surface area contributed by atoms with Crippen LogP contribution in [0.15, 0.2) is 18.3 Å². The average molecular weight is 290 g/mol. The Labute approximate surface area is 129 Å². The molecular formula is C18H30N2O. The Morgan fingerprint density at radius 2 is 2.24 bits per heavy atom. The molecule has 2 unspecified atom stereocenters. The van der Waals surface area contributed by atoms with Gasteiger partial charge < -0.3 is 10.1 Å². The fourth-order valence-corrected chi connectivity index (χ4v) is 3.27. The molecule has 1 aliphatic rings. The molecule has 0 radical (unpaired) electrons. The van der Waals surface area contributed by atoms with E-state index in [4.69, 9.17) is 9.72 Å². The molecule has 2 rings (SSSR count). The van der Waals surface area contributed by atoms with Crippen LogP contribution in [0.5, 0.6) is 0 Å². The number of ether oxygens (including phenoxy) is 1. The smallest absolute Gasteiger partial charge is 0.0481 e.